The molecule has 0 bridgehead atoms. The Morgan fingerprint density at radius 1 is 1.25 bits per heavy atom. The fraction of sp³-hybridized carbons (Fsp3) is 0.667. The maximum atomic E-state index is 12.8. The molecule has 1 aliphatic heterocycles. The number of rotatable bonds is 9. The van der Waals surface area contributed by atoms with Crippen LogP contribution < -0.4 is 0 Å². The second-order valence-electron chi connectivity index (χ2n) is 6.16. The maximum absolute atomic E-state index is 12.8. The Morgan fingerprint density at radius 3 is 2.67 bits per heavy atom. The van der Waals surface area contributed by atoms with Crippen LogP contribution in [0.5, 0.6) is 0 Å². The van der Waals surface area contributed by atoms with Crippen LogP contribution in [0.3, 0.4) is 0 Å². The van der Waals surface area contributed by atoms with Gasteiger partial charge in [-0.05, 0) is 31.4 Å². The summed E-state index contributed by atoms with van der Waals surface area (Å²) < 4.78 is 11.1. The largest absolute Gasteiger partial charge is 0.467 e. The van der Waals surface area contributed by atoms with Gasteiger partial charge in [0.15, 0.2) is 0 Å². The third-order valence-corrected chi connectivity index (χ3v) is 4.20. The van der Waals surface area contributed by atoms with Crippen molar-refractivity contribution in [2.24, 2.45) is 0 Å². The van der Waals surface area contributed by atoms with E-state index in [0.717, 1.165) is 31.6 Å². The second kappa shape index (κ2) is 9.47. The highest BCUT2D eigenvalue weighted by Crippen LogP contribution is 2.16. The van der Waals surface area contributed by atoms with Gasteiger partial charge < -0.3 is 19.0 Å². The van der Waals surface area contributed by atoms with Crippen molar-refractivity contribution in [1.82, 2.24) is 9.80 Å². The smallest absolute Gasteiger partial charge is 0.242 e. The molecular weight excluding hydrogens is 308 g/mol. The van der Waals surface area contributed by atoms with Crippen LogP contribution in [-0.4, -0.2) is 54.0 Å². The predicted octanol–water partition coefficient (Wildman–Crippen LogP) is 2.44. The summed E-state index contributed by atoms with van der Waals surface area (Å²) in [5.74, 6) is 0.697. The van der Waals surface area contributed by atoms with Crippen molar-refractivity contribution in [2.75, 3.05) is 26.2 Å². The van der Waals surface area contributed by atoms with E-state index in [1.54, 1.807) is 16.1 Å². The zero-order valence-corrected chi connectivity index (χ0v) is 14.7. The Kier molecular flexibility index (Phi) is 7.31. The quantitative estimate of drug-likeness (QED) is 0.695. The van der Waals surface area contributed by atoms with Crippen LogP contribution in [0.15, 0.2) is 22.8 Å². The molecule has 2 heterocycles. The summed E-state index contributed by atoms with van der Waals surface area (Å²) in [7, 11) is 0. The SMILES string of the molecule is CCCN(CC(=O)N(Cc1ccco1)C[C@H]1CCCO1)C(=O)CC. The number of hydrogen-bond acceptors (Lipinski definition) is 4. The summed E-state index contributed by atoms with van der Waals surface area (Å²) in [6.07, 6.45) is 4.93. The molecule has 0 N–H and O–H groups in total. The summed E-state index contributed by atoms with van der Waals surface area (Å²) in [6, 6.07) is 3.67. The zero-order valence-electron chi connectivity index (χ0n) is 14.7. The highest BCUT2D eigenvalue weighted by atomic mass is 16.5. The number of hydrogen-bond donors (Lipinski definition) is 0. The number of nitrogens with zero attached hydrogens (tertiary/aromatic N) is 2. The van der Waals surface area contributed by atoms with Gasteiger partial charge in [0, 0.05) is 26.1 Å². The second-order valence-corrected chi connectivity index (χ2v) is 6.16. The summed E-state index contributed by atoms with van der Waals surface area (Å²) in [5.41, 5.74) is 0. The molecule has 1 saturated heterocycles. The Labute approximate surface area is 143 Å². The first kappa shape index (κ1) is 18.5. The van der Waals surface area contributed by atoms with E-state index >= 15 is 0 Å². The van der Waals surface area contributed by atoms with E-state index in [-0.39, 0.29) is 24.5 Å². The molecule has 1 atom stereocenters. The summed E-state index contributed by atoms with van der Waals surface area (Å²) in [5, 5.41) is 0. The number of furan rings is 1. The molecule has 0 spiro atoms. The molecule has 6 nitrogen and oxygen atoms in total. The van der Waals surface area contributed by atoms with Gasteiger partial charge in [0.2, 0.25) is 11.8 Å². The van der Waals surface area contributed by atoms with Gasteiger partial charge in [-0.2, -0.15) is 0 Å². The number of carbonyl (C=O) groups excluding carboxylic acids is 2. The van der Waals surface area contributed by atoms with E-state index in [1.807, 2.05) is 26.0 Å². The lowest BCUT2D eigenvalue weighted by Gasteiger charge is -2.28. The fourth-order valence-corrected chi connectivity index (χ4v) is 2.93. The molecule has 0 radical (unpaired) electrons. The number of carbonyl (C=O) groups is 2. The molecule has 0 aromatic carbocycles. The van der Waals surface area contributed by atoms with Crippen molar-refractivity contribution < 1.29 is 18.7 Å². The van der Waals surface area contributed by atoms with Crippen LogP contribution in [0.1, 0.15) is 45.3 Å². The average molecular weight is 336 g/mol. The molecule has 1 aliphatic rings. The molecule has 2 amide bonds. The lowest BCUT2D eigenvalue weighted by Crippen LogP contribution is -2.45. The molecule has 1 fully saturated rings. The predicted molar refractivity (Wildman–Crippen MR) is 90.3 cm³/mol. The van der Waals surface area contributed by atoms with Gasteiger partial charge in [-0.3, -0.25) is 9.59 Å². The van der Waals surface area contributed by atoms with Crippen molar-refractivity contribution in [3.63, 3.8) is 0 Å². The van der Waals surface area contributed by atoms with Crippen LogP contribution in [0, 0.1) is 0 Å². The average Bonchev–Trinajstić information content (AvgIpc) is 3.26. The summed E-state index contributed by atoms with van der Waals surface area (Å²) in [6.45, 7) is 6.26. The van der Waals surface area contributed by atoms with Gasteiger partial charge in [-0.15, -0.1) is 0 Å². The van der Waals surface area contributed by atoms with E-state index < -0.39 is 0 Å². The van der Waals surface area contributed by atoms with Crippen LogP contribution in [0.25, 0.3) is 0 Å². The van der Waals surface area contributed by atoms with Gasteiger partial charge in [-0.1, -0.05) is 13.8 Å². The van der Waals surface area contributed by atoms with Crippen LogP contribution >= 0.6 is 0 Å². The molecule has 6 heteroatoms. The zero-order chi connectivity index (χ0) is 17.4. The van der Waals surface area contributed by atoms with Gasteiger partial charge in [0.1, 0.15) is 5.76 Å². The third-order valence-electron chi connectivity index (χ3n) is 4.20. The Balaban J connectivity index is 2.02. The van der Waals surface area contributed by atoms with E-state index in [9.17, 15) is 9.59 Å². The van der Waals surface area contributed by atoms with Crippen molar-refractivity contribution in [2.45, 2.75) is 52.2 Å². The first-order valence-corrected chi connectivity index (χ1v) is 8.83. The first-order valence-electron chi connectivity index (χ1n) is 8.83. The fourth-order valence-electron chi connectivity index (χ4n) is 2.93. The van der Waals surface area contributed by atoms with Crippen LogP contribution in [0.2, 0.25) is 0 Å². The van der Waals surface area contributed by atoms with Gasteiger partial charge in [-0.25, -0.2) is 0 Å². The third kappa shape index (κ3) is 5.37. The first-order chi connectivity index (χ1) is 11.6. The van der Waals surface area contributed by atoms with Gasteiger partial charge in [0.25, 0.3) is 0 Å². The highest BCUT2D eigenvalue weighted by Gasteiger charge is 2.25. The maximum Gasteiger partial charge on any atom is 0.242 e. The highest BCUT2D eigenvalue weighted by molar-refractivity contribution is 5.84. The molecule has 0 aliphatic carbocycles. The van der Waals surface area contributed by atoms with E-state index in [4.69, 9.17) is 9.15 Å². The number of ether oxygens (including phenoxy) is 1. The number of amides is 2. The van der Waals surface area contributed by atoms with Gasteiger partial charge >= 0.3 is 0 Å². The molecule has 1 aromatic heterocycles. The lowest BCUT2D eigenvalue weighted by molar-refractivity contribution is -0.141. The topological polar surface area (TPSA) is 63.0 Å². The minimum Gasteiger partial charge on any atom is -0.467 e. The molecule has 0 saturated carbocycles. The Morgan fingerprint density at radius 2 is 2.08 bits per heavy atom. The van der Waals surface area contributed by atoms with Crippen molar-refractivity contribution in [3.8, 4) is 0 Å². The molecule has 0 unspecified atom stereocenters. The summed E-state index contributed by atoms with van der Waals surface area (Å²) in [4.78, 5) is 28.2. The standard InChI is InChI=1S/C18H28N2O4/c1-3-9-19(17(21)4-2)14-18(22)20(12-15-7-5-10-23-15)13-16-8-6-11-24-16/h5,7,10,16H,3-4,6,8-9,11-14H2,1-2H3/t16-/m1/s1. The molecule has 24 heavy (non-hydrogen) atoms. The lowest BCUT2D eigenvalue weighted by atomic mass is 10.2. The van der Waals surface area contributed by atoms with Crippen LogP contribution in [0.4, 0.5) is 0 Å². The van der Waals surface area contributed by atoms with E-state index in [1.165, 1.54) is 0 Å². The van der Waals surface area contributed by atoms with Crippen molar-refractivity contribution in [3.05, 3.63) is 24.2 Å². The molecule has 134 valence electrons. The molecular formula is C18H28N2O4. The Hall–Kier alpha value is -1.82. The molecule has 1 aromatic rings. The van der Waals surface area contributed by atoms with Crippen molar-refractivity contribution >= 4 is 11.8 Å². The van der Waals surface area contributed by atoms with E-state index in [0.29, 0.717) is 26.1 Å². The van der Waals surface area contributed by atoms with Crippen molar-refractivity contribution in [1.29, 1.82) is 0 Å². The minimum atomic E-state index is -0.0582. The Bertz CT molecular complexity index is 509. The summed E-state index contributed by atoms with van der Waals surface area (Å²) >= 11 is 0. The molecule has 2 rings (SSSR count). The monoisotopic (exact) mass is 336 g/mol. The minimum absolute atomic E-state index is 0.0141. The van der Waals surface area contributed by atoms with E-state index in [2.05, 4.69) is 0 Å². The van der Waals surface area contributed by atoms with Crippen LogP contribution in [-0.2, 0) is 20.9 Å². The normalized spacial score (nSPS) is 17.0. The van der Waals surface area contributed by atoms with Gasteiger partial charge in [0.05, 0.1) is 25.5 Å².